The van der Waals surface area contributed by atoms with Crippen molar-refractivity contribution in [2.75, 3.05) is 5.88 Å². The van der Waals surface area contributed by atoms with Gasteiger partial charge in [-0.2, -0.15) is 0 Å². The molecule has 2 rings (SSSR count). The number of alkyl halides is 1. The summed E-state index contributed by atoms with van der Waals surface area (Å²) in [5, 5.41) is 0. The van der Waals surface area contributed by atoms with Crippen molar-refractivity contribution in [1.29, 1.82) is 0 Å². The van der Waals surface area contributed by atoms with E-state index in [1.165, 1.54) is 49.7 Å². The van der Waals surface area contributed by atoms with E-state index in [2.05, 4.69) is 40.3 Å². The van der Waals surface area contributed by atoms with Crippen molar-refractivity contribution in [2.24, 2.45) is 22.7 Å². The molecule has 3 atom stereocenters. The van der Waals surface area contributed by atoms with Crippen LogP contribution in [0.2, 0.25) is 0 Å². The Morgan fingerprint density at radius 1 is 1.33 bits per heavy atom. The summed E-state index contributed by atoms with van der Waals surface area (Å²) < 4.78 is 0. The molecular formula is C20H33Cl. The van der Waals surface area contributed by atoms with Crippen molar-refractivity contribution in [3.63, 3.8) is 0 Å². The Morgan fingerprint density at radius 3 is 2.71 bits per heavy atom. The SMILES string of the molecule is C=C1CC[C@H]2C(C)(C)CCC[C@]2(C)[C@H]1CC/C=C(\C)CCl. The maximum atomic E-state index is 5.89. The van der Waals surface area contributed by atoms with Crippen LogP contribution in [-0.2, 0) is 0 Å². The average molecular weight is 309 g/mol. The van der Waals surface area contributed by atoms with E-state index in [9.17, 15) is 0 Å². The predicted molar refractivity (Wildman–Crippen MR) is 94.8 cm³/mol. The highest BCUT2D eigenvalue weighted by Crippen LogP contribution is 2.61. The summed E-state index contributed by atoms with van der Waals surface area (Å²) in [7, 11) is 0. The van der Waals surface area contributed by atoms with E-state index in [0.717, 1.165) is 12.3 Å². The first kappa shape index (κ1) is 17.1. The maximum absolute atomic E-state index is 5.89. The third-order valence-corrected chi connectivity index (χ3v) is 6.90. The lowest BCUT2D eigenvalue weighted by molar-refractivity contribution is -0.0537. The molecule has 2 saturated carbocycles. The number of hydrogen-bond acceptors (Lipinski definition) is 0. The van der Waals surface area contributed by atoms with Crippen LogP contribution in [0.4, 0.5) is 0 Å². The lowest BCUT2D eigenvalue weighted by Crippen LogP contribution is -2.49. The van der Waals surface area contributed by atoms with Crippen LogP contribution in [0, 0.1) is 22.7 Å². The van der Waals surface area contributed by atoms with Gasteiger partial charge in [-0.25, -0.2) is 0 Å². The summed E-state index contributed by atoms with van der Waals surface area (Å²) >= 11 is 5.89. The molecule has 0 spiro atoms. The van der Waals surface area contributed by atoms with Gasteiger partial charge in [-0.3, -0.25) is 0 Å². The molecule has 0 heterocycles. The molecule has 0 nitrogen and oxygen atoms in total. The number of rotatable bonds is 4. The molecule has 21 heavy (non-hydrogen) atoms. The van der Waals surface area contributed by atoms with Gasteiger partial charge in [0.05, 0.1) is 0 Å². The second kappa shape index (κ2) is 6.49. The first-order chi connectivity index (χ1) is 9.81. The van der Waals surface area contributed by atoms with Crippen molar-refractivity contribution in [1.82, 2.24) is 0 Å². The van der Waals surface area contributed by atoms with Gasteiger partial charge in [0.2, 0.25) is 0 Å². The summed E-state index contributed by atoms with van der Waals surface area (Å²) in [4.78, 5) is 0. The van der Waals surface area contributed by atoms with Crippen LogP contribution >= 0.6 is 11.6 Å². The van der Waals surface area contributed by atoms with Crippen molar-refractivity contribution in [3.05, 3.63) is 23.8 Å². The number of hydrogen-bond donors (Lipinski definition) is 0. The molecule has 2 aliphatic carbocycles. The Labute approximate surface area is 137 Å². The Bertz CT molecular complexity index is 418. The van der Waals surface area contributed by atoms with Gasteiger partial charge in [-0.15, -0.1) is 11.6 Å². The molecule has 0 unspecified atom stereocenters. The molecule has 2 fully saturated rings. The lowest BCUT2D eigenvalue weighted by atomic mass is 9.47. The number of fused-ring (bicyclic) bond motifs is 1. The van der Waals surface area contributed by atoms with Crippen LogP contribution in [0.3, 0.4) is 0 Å². The van der Waals surface area contributed by atoms with Gasteiger partial charge in [0.25, 0.3) is 0 Å². The molecule has 0 saturated heterocycles. The Hall–Kier alpha value is -0.230. The summed E-state index contributed by atoms with van der Waals surface area (Å²) in [5.41, 5.74) is 3.81. The van der Waals surface area contributed by atoms with Gasteiger partial charge in [-0.05, 0) is 68.1 Å². The van der Waals surface area contributed by atoms with Gasteiger partial charge < -0.3 is 0 Å². The molecular weight excluding hydrogens is 276 g/mol. The molecule has 2 aliphatic rings. The van der Waals surface area contributed by atoms with Crippen LogP contribution in [0.5, 0.6) is 0 Å². The largest absolute Gasteiger partial charge is 0.122 e. The quantitative estimate of drug-likeness (QED) is 0.398. The Kier molecular flexibility index (Phi) is 5.29. The highest BCUT2D eigenvalue weighted by atomic mass is 35.5. The minimum atomic E-state index is 0.472. The number of allylic oxidation sites excluding steroid dienone is 3. The zero-order valence-corrected chi connectivity index (χ0v) is 15.2. The van der Waals surface area contributed by atoms with Gasteiger partial charge in [0, 0.05) is 5.88 Å². The molecule has 0 aromatic carbocycles. The monoisotopic (exact) mass is 308 g/mol. The summed E-state index contributed by atoms with van der Waals surface area (Å²) in [6.07, 6.45) is 11.5. The van der Waals surface area contributed by atoms with Crippen molar-refractivity contribution >= 4 is 11.6 Å². The molecule has 120 valence electrons. The van der Waals surface area contributed by atoms with Crippen LogP contribution in [-0.4, -0.2) is 5.88 Å². The minimum absolute atomic E-state index is 0.472. The number of halogens is 1. The highest BCUT2D eigenvalue weighted by Gasteiger charge is 2.52. The molecule has 0 amide bonds. The third kappa shape index (κ3) is 3.41. The van der Waals surface area contributed by atoms with Crippen LogP contribution in [0.15, 0.2) is 23.8 Å². The fourth-order valence-electron chi connectivity index (χ4n) is 5.36. The Morgan fingerprint density at radius 2 is 2.05 bits per heavy atom. The normalized spacial score (nSPS) is 36.4. The molecule has 0 bridgehead atoms. The van der Waals surface area contributed by atoms with E-state index in [0.29, 0.717) is 22.6 Å². The van der Waals surface area contributed by atoms with Gasteiger partial charge in [0.15, 0.2) is 0 Å². The molecule has 1 heteroatoms. The van der Waals surface area contributed by atoms with Gasteiger partial charge >= 0.3 is 0 Å². The van der Waals surface area contributed by atoms with E-state index in [-0.39, 0.29) is 0 Å². The van der Waals surface area contributed by atoms with E-state index < -0.39 is 0 Å². The summed E-state index contributed by atoms with van der Waals surface area (Å²) in [5.74, 6) is 2.24. The van der Waals surface area contributed by atoms with Crippen LogP contribution in [0.1, 0.15) is 72.6 Å². The highest BCUT2D eigenvalue weighted by molar-refractivity contribution is 6.19. The molecule has 0 N–H and O–H groups in total. The first-order valence-electron chi connectivity index (χ1n) is 8.70. The third-order valence-electron chi connectivity index (χ3n) is 6.48. The second-order valence-electron chi connectivity index (χ2n) is 8.41. The van der Waals surface area contributed by atoms with E-state index >= 15 is 0 Å². The second-order valence-corrected chi connectivity index (χ2v) is 8.68. The van der Waals surface area contributed by atoms with Crippen LogP contribution < -0.4 is 0 Å². The van der Waals surface area contributed by atoms with E-state index in [4.69, 9.17) is 11.6 Å². The van der Waals surface area contributed by atoms with E-state index in [1.807, 2.05) is 0 Å². The first-order valence-corrected chi connectivity index (χ1v) is 9.24. The maximum Gasteiger partial charge on any atom is 0.0430 e. The van der Waals surface area contributed by atoms with Gasteiger partial charge in [-0.1, -0.05) is 51.0 Å². The van der Waals surface area contributed by atoms with Crippen LogP contribution in [0.25, 0.3) is 0 Å². The fraction of sp³-hybridized carbons (Fsp3) is 0.800. The zero-order valence-electron chi connectivity index (χ0n) is 14.5. The average Bonchev–Trinajstić information content (AvgIpc) is 2.40. The molecule has 0 aromatic rings. The smallest absolute Gasteiger partial charge is 0.0430 e. The summed E-state index contributed by atoms with van der Waals surface area (Å²) in [6, 6.07) is 0. The summed E-state index contributed by atoms with van der Waals surface area (Å²) in [6.45, 7) is 14.1. The lowest BCUT2D eigenvalue weighted by Gasteiger charge is -2.58. The Balaban J connectivity index is 2.16. The standard InChI is InChI=1S/C20H33Cl/c1-15(14-21)8-6-9-17-16(2)10-11-18-19(3,4)12-7-13-20(17,18)5/h8,17-18H,2,6-7,9-14H2,1,3-5H3/b15-8+/t17-,18-,20+/m0/s1. The van der Waals surface area contributed by atoms with Gasteiger partial charge in [0.1, 0.15) is 0 Å². The van der Waals surface area contributed by atoms with Crippen molar-refractivity contribution < 1.29 is 0 Å². The van der Waals surface area contributed by atoms with Crippen molar-refractivity contribution in [3.8, 4) is 0 Å². The molecule has 0 aliphatic heterocycles. The minimum Gasteiger partial charge on any atom is -0.122 e. The topological polar surface area (TPSA) is 0 Å². The molecule has 0 aromatic heterocycles. The van der Waals surface area contributed by atoms with E-state index in [1.54, 1.807) is 0 Å². The fourth-order valence-corrected chi connectivity index (χ4v) is 5.47. The molecule has 0 radical (unpaired) electrons. The van der Waals surface area contributed by atoms with Crippen molar-refractivity contribution in [2.45, 2.75) is 72.6 Å². The zero-order chi connectivity index (χ0) is 15.7. The predicted octanol–water partition coefficient (Wildman–Crippen LogP) is 6.75.